The largest absolute Gasteiger partial charge is 0.465 e. The number of hydrogen-bond donors (Lipinski definition) is 1. The maximum absolute atomic E-state index is 12.0. The van der Waals surface area contributed by atoms with E-state index in [1.807, 2.05) is 0 Å². The van der Waals surface area contributed by atoms with E-state index in [1.165, 1.54) is 6.07 Å². The van der Waals surface area contributed by atoms with E-state index in [9.17, 15) is 14.4 Å². The minimum absolute atomic E-state index is 0.0390. The molecule has 2 aromatic rings. The van der Waals surface area contributed by atoms with Gasteiger partial charge in [0.25, 0.3) is 5.91 Å². The quantitative estimate of drug-likeness (QED) is 0.501. The number of rotatable bonds is 6. The molecule has 0 aliphatic rings. The maximum Gasteiger partial charge on any atom is 0.349 e. The van der Waals surface area contributed by atoms with Crippen molar-refractivity contribution in [3.63, 3.8) is 0 Å². The molecule has 0 saturated carbocycles. The molecule has 1 amide bonds. The van der Waals surface area contributed by atoms with Gasteiger partial charge in [0, 0.05) is 11.9 Å². The van der Waals surface area contributed by atoms with Crippen molar-refractivity contribution >= 4 is 22.8 Å². The Labute approximate surface area is 133 Å². The Bertz CT molecular complexity index is 763. The topological polar surface area (TPSA) is 85.6 Å². The molecule has 0 aliphatic carbocycles. The number of benzene rings is 1. The van der Waals surface area contributed by atoms with Crippen LogP contribution in [0.2, 0.25) is 0 Å². The number of nitrogens with one attached hydrogen (secondary N) is 1. The first-order valence-corrected chi connectivity index (χ1v) is 7.47. The van der Waals surface area contributed by atoms with Crippen LogP contribution in [0.1, 0.15) is 30.6 Å². The number of esters is 1. The van der Waals surface area contributed by atoms with Gasteiger partial charge in [0.1, 0.15) is 11.1 Å². The Morgan fingerprint density at radius 2 is 2.00 bits per heavy atom. The molecule has 1 N–H and O–H groups in total. The summed E-state index contributed by atoms with van der Waals surface area (Å²) in [5.74, 6) is -0.946. The molecule has 1 aromatic carbocycles. The van der Waals surface area contributed by atoms with Gasteiger partial charge >= 0.3 is 11.6 Å². The molecular formula is C17H19NO5. The zero-order valence-electron chi connectivity index (χ0n) is 13.1. The van der Waals surface area contributed by atoms with E-state index in [4.69, 9.17) is 9.15 Å². The van der Waals surface area contributed by atoms with Crippen LogP contribution in [0.25, 0.3) is 11.0 Å². The smallest absolute Gasteiger partial charge is 0.349 e. The summed E-state index contributed by atoms with van der Waals surface area (Å²) in [5.41, 5.74) is -0.273. The van der Waals surface area contributed by atoms with Crippen molar-refractivity contribution < 1.29 is 18.7 Å². The first-order chi connectivity index (χ1) is 11.0. The number of carbonyl (C=O) groups excluding carboxylic acids is 2. The minimum Gasteiger partial charge on any atom is -0.465 e. The fraction of sp³-hybridized carbons (Fsp3) is 0.353. The third kappa shape index (κ3) is 4.42. The van der Waals surface area contributed by atoms with Crippen LogP contribution in [0.5, 0.6) is 0 Å². The summed E-state index contributed by atoms with van der Waals surface area (Å²) in [6.07, 6.45) is 0.475. The van der Waals surface area contributed by atoms with Crippen molar-refractivity contribution in [1.82, 2.24) is 5.32 Å². The first kappa shape index (κ1) is 16.7. The predicted molar refractivity (Wildman–Crippen MR) is 85.2 cm³/mol. The van der Waals surface area contributed by atoms with E-state index in [2.05, 4.69) is 5.32 Å². The zero-order valence-corrected chi connectivity index (χ0v) is 13.1. The molecule has 0 radical (unpaired) electrons. The predicted octanol–water partition coefficient (Wildman–Crippen LogP) is 2.11. The van der Waals surface area contributed by atoms with Crippen molar-refractivity contribution in [2.24, 2.45) is 5.92 Å². The highest BCUT2D eigenvalue weighted by molar-refractivity contribution is 5.96. The van der Waals surface area contributed by atoms with E-state index in [0.29, 0.717) is 23.9 Å². The zero-order chi connectivity index (χ0) is 16.8. The summed E-state index contributed by atoms with van der Waals surface area (Å²) >= 11 is 0. The second-order valence-corrected chi connectivity index (χ2v) is 5.42. The van der Waals surface area contributed by atoms with Gasteiger partial charge in [-0.3, -0.25) is 9.59 Å². The molecule has 0 fully saturated rings. The van der Waals surface area contributed by atoms with Gasteiger partial charge in [-0.15, -0.1) is 0 Å². The van der Waals surface area contributed by atoms with Crippen LogP contribution in [0, 0.1) is 5.92 Å². The lowest BCUT2D eigenvalue weighted by molar-refractivity contribution is -0.147. The molecule has 0 bridgehead atoms. The summed E-state index contributed by atoms with van der Waals surface area (Å²) in [6.45, 7) is 4.03. The monoisotopic (exact) mass is 317 g/mol. The van der Waals surface area contributed by atoms with E-state index >= 15 is 0 Å². The molecule has 0 spiro atoms. The normalized spacial score (nSPS) is 10.7. The third-order valence-electron chi connectivity index (χ3n) is 3.21. The summed E-state index contributed by atoms with van der Waals surface area (Å²) in [4.78, 5) is 35.1. The van der Waals surface area contributed by atoms with Crippen molar-refractivity contribution in [3.05, 3.63) is 46.3 Å². The van der Waals surface area contributed by atoms with Crippen LogP contribution in [0.4, 0.5) is 0 Å². The van der Waals surface area contributed by atoms with Crippen LogP contribution in [0.15, 0.2) is 39.5 Å². The van der Waals surface area contributed by atoms with Gasteiger partial charge in [0.2, 0.25) is 0 Å². The van der Waals surface area contributed by atoms with E-state index in [0.717, 1.165) is 0 Å². The summed E-state index contributed by atoms with van der Waals surface area (Å²) < 4.78 is 10.1. The van der Waals surface area contributed by atoms with Crippen LogP contribution < -0.4 is 10.9 Å². The summed E-state index contributed by atoms with van der Waals surface area (Å²) in [7, 11) is 0. The lowest BCUT2D eigenvalue weighted by atomic mass is 10.2. The van der Waals surface area contributed by atoms with Crippen LogP contribution >= 0.6 is 0 Å². The number of para-hydroxylation sites is 1. The lowest BCUT2D eigenvalue weighted by Gasteiger charge is -2.08. The highest BCUT2D eigenvalue weighted by Gasteiger charge is 2.13. The van der Waals surface area contributed by atoms with E-state index < -0.39 is 11.5 Å². The molecule has 23 heavy (non-hydrogen) atoms. The highest BCUT2D eigenvalue weighted by Crippen LogP contribution is 2.12. The maximum atomic E-state index is 12.0. The molecule has 0 unspecified atom stereocenters. The second kappa shape index (κ2) is 7.58. The average Bonchev–Trinajstić information content (AvgIpc) is 2.53. The Hall–Kier alpha value is -2.63. The van der Waals surface area contributed by atoms with E-state index in [1.54, 1.807) is 38.1 Å². The van der Waals surface area contributed by atoms with Gasteiger partial charge in [0.05, 0.1) is 12.5 Å². The van der Waals surface area contributed by atoms with Crippen LogP contribution in [0.3, 0.4) is 0 Å². The van der Waals surface area contributed by atoms with Crippen molar-refractivity contribution in [2.75, 3.05) is 13.2 Å². The fourth-order valence-corrected chi connectivity index (χ4v) is 1.93. The minimum atomic E-state index is -0.674. The van der Waals surface area contributed by atoms with Crippen molar-refractivity contribution in [1.29, 1.82) is 0 Å². The molecule has 2 rings (SSSR count). The van der Waals surface area contributed by atoms with Crippen LogP contribution in [-0.4, -0.2) is 25.0 Å². The fourth-order valence-electron chi connectivity index (χ4n) is 1.93. The number of fused-ring (bicyclic) bond motifs is 1. The Balaban J connectivity index is 1.90. The molecule has 0 saturated heterocycles. The van der Waals surface area contributed by atoms with E-state index in [-0.39, 0.29) is 24.1 Å². The Morgan fingerprint density at radius 3 is 2.74 bits per heavy atom. The lowest BCUT2D eigenvalue weighted by Crippen LogP contribution is -2.29. The second-order valence-electron chi connectivity index (χ2n) is 5.42. The number of carbonyl (C=O) groups is 2. The highest BCUT2D eigenvalue weighted by atomic mass is 16.5. The number of hydrogen-bond acceptors (Lipinski definition) is 5. The van der Waals surface area contributed by atoms with Crippen LogP contribution in [-0.2, 0) is 9.53 Å². The molecule has 0 atom stereocenters. The van der Waals surface area contributed by atoms with Gasteiger partial charge in [0.15, 0.2) is 0 Å². The van der Waals surface area contributed by atoms with Crippen molar-refractivity contribution in [3.8, 4) is 0 Å². The average molecular weight is 317 g/mol. The van der Waals surface area contributed by atoms with Gasteiger partial charge in [-0.05, 0) is 18.6 Å². The van der Waals surface area contributed by atoms with Crippen molar-refractivity contribution in [2.45, 2.75) is 20.3 Å². The van der Waals surface area contributed by atoms with Gasteiger partial charge in [-0.2, -0.15) is 0 Å². The number of ether oxygens (including phenoxy) is 1. The number of amides is 1. The molecule has 1 aromatic heterocycles. The summed E-state index contributed by atoms with van der Waals surface area (Å²) in [6, 6.07) is 8.49. The summed E-state index contributed by atoms with van der Waals surface area (Å²) in [5, 5.41) is 3.30. The third-order valence-corrected chi connectivity index (χ3v) is 3.21. The molecule has 122 valence electrons. The molecule has 6 heteroatoms. The molecule has 1 heterocycles. The van der Waals surface area contributed by atoms with Gasteiger partial charge < -0.3 is 14.5 Å². The van der Waals surface area contributed by atoms with Gasteiger partial charge in [-0.25, -0.2) is 4.79 Å². The molecule has 6 nitrogen and oxygen atoms in total. The first-order valence-electron chi connectivity index (χ1n) is 7.47. The Morgan fingerprint density at radius 1 is 1.26 bits per heavy atom. The standard InChI is InChI=1S/C17H19NO5/c1-11(2)16(20)22-9-5-8-18-15(19)13-10-12-6-3-4-7-14(12)23-17(13)21/h3-4,6-7,10-11H,5,8-9H2,1-2H3,(H,18,19). The molecule has 0 aliphatic heterocycles. The Kier molecular flexibility index (Phi) is 5.51. The molecular weight excluding hydrogens is 298 g/mol. The SMILES string of the molecule is CC(C)C(=O)OCCCNC(=O)c1cc2ccccc2oc1=O. The van der Waals surface area contributed by atoms with Gasteiger partial charge in [-0.1, -0.05) is 32.0 Å².